The number of ether oxygens (including phenoxy) is 1. The number of rotatable bonds is 2. The molecular formula is C27H17Cl2NO5. The van der Waals surface area contributed by atoms with E-state index < -0.39 is 46.9 Å². The second-order valence-corrected chi connectivity index (χ2v) is 9.90. The molecule has 6 nitrogen and oxygen atoms in total. The van der Waals surface area contributed by atoms with Crippen molar-refractivity contribution in [3.8, 4) is 0 Å². The van der Waals surface area contributed by atoms with Crippen LogP contribution in [-0.4, -0.2) is 29.0 Å². The molecule has 8 heteroatoms. The highest BCUT2D eigenvalue weighted by molar-refractivity contribution is 6.38. The summed E-state index contributed by atoms with van der Waals surface area (Å²) in [6.45, 7) is 1.92. The van der Waals surface area contributed by atoms with Gasteiger partial charge in [0.25, 0.3) is 0 Å². The number of hydrogen-bond acceptors (Lipinski definition) is 5. The second-order valence-electron chi connectivity index (χ2n) is 9.03. The van der Waals surface area contributed by atoms with Gasteiger partial charge in [0.15, 0.2) is 0 Å². The monoisotopic (exact) mass is 505 g/mol. The SMILES string of the molecule is Cc1ccc([C@H]2OC3(C(=O)c4ccccc4C3=O)[C@H]3C(=O)N(c4cc(Cl)cc(Cl)c4)C(=O)[C@@H]23)cc1. The third-order valence-corrected chi connectivity index (χ3v) is 7.47. The van der Waals surface area contributed by atoms with Gasteiger partial charge in [0, 0.05) is 21.2 Å². The molecule has 0 bridgehead atoms. The molecule has 0 aromatic heterocycles. The Kier molecular flexibility index (Phi) is 4.81. The molecular weight excluding hydrogens is 489 g/mol. The smallest absolute Gasteiger partial charge is 0.241 e. The van der Waals surface area contributed by atoms with Gasteiger partial charge in [-0.25, -0.2) is 4.90 Å². The molecule has 1 spiro atoms. The lowest BCUT2D eigenvalue weighted by Crippen LogP contribution is -2.51. The Morgan fingerprint density at radius 3 is 1.94 bits per heavy atom. The highest BCUT2D eigenvalue weighted by Gasteiger charge is 2.74. The van der Waals surface area contributed by atoms with E-state index in [9.17, 15) is 19.2 Å². The molecule has 174 valence electrons. The van der Waals surface area contributed by atoms with E-state index in [1.165, 1.54) is 30.3 Å². The molecule has 2 heterocycles. The maximum absolute atomic E-state index is 13.9. The summed E-state index contributed by atoms with van der Waals surface area (Å²) in [6, 6.07) is 18.0. The van der Waals surface area contributed by atoms with Crippen LogP contribution in [0.1, 0.15) is 37.9 Å². The minimum Gasteiger partial charge on any atom is -0.349 e. The molecule has 35 heavy (non-hydrogen) atoms. The van der Waals surface area contributed by atoms with Crippen LogP contribution in [0.25, 0.3) is 0 Å². The number of amides is 2. The van der Waals surface area contributed by atoms with Gasteiger partial charge in [-0.3, -0.25) is 19.2 Å². The fraction of sp³-hybridized carbons (Fsp3) is 0.185. The Hall–Kier alpha value is -3.32. The average molecular weight is 506 g/mol. The van der Waals surface area contributed by atoms with Crippen LogP contribution < -0.4 is 4.90 Å². The number of Topliss-reactive ketones (excluding diaryl/α,β-unsaturated/α-hetero) is 2. The summed E-state index contributed by atoms with van der Waals surface area (Å²) in [5, 5.41) is 0.485. The van der Waals surface area contributed by atoms with E-state index in [-0.39, 0.29) is 26.9 Å². The van der Waals surface area contributed by atoms with Crippen LogP contribution >= 0.6 is 23.2 Å². The number of aryl methyl sites for hydroxylation is 1. The Bertz CT molecular complexity index is 1410. The van der Waals surface area contributed by atoms with E-state index in [0.29, 0.717) is 5.56 Å². The first-order chi connectivity index (χ1) is 16.7. The maximum Gasteiger partial charge on any atom is 0.241 e. The number of nitrogens with zero attached hydrogens (tertiary/aromatic N) is 1. The quantitative estimate of drug-likeness (QED) is 0.361. The zero-order chi connectivity index (χ0) is 24.6. The number of fused-ring (bicyclic) bond motifs is 3. The van der Waals surface area contributed by atoms with Gasteiger partial charge in [0.05, 0.1) is 23.6 Å². The van der Waals surface area contributed by atoms with Crippen molar-refractivity contribution in [2.45, 2.75) is 18.6 Å². The summed E-state index contributed by atoms with van der Waals surface area (Å²) in [4.78, 5) is 56.2. The minimum absolute atomic E-state index is 0.181. The Labute approximate surface area is 210 Å². The Morgan fingerprint density at radius 2 is 1.37 bits per heavy atom. The van der Waals surface area contributed by atoms with Crippen molar-refractivity contribution in [1.82, 2.24) is 0 Å². The van der Waals surface area contributed by atoms with Crippen LogP contribution in [-0.2, 0) is 14.3 Å². The van der Waals surface area contributed by atoms with Crippen LogP contribution in [0, 0.1) is 18.8 Å². The Morgan fingerprint density at radius 1 is 0.800 bits per heavy atom. The van der Waals surface area contributed by atoms with Crippen molar-refractivity contribution in [2.75, 3.05) is 4.90 Å². The van der Waals surface area contributed by atoms with Crippen molar-refractivity contribution >= 4 is 52.3 Å². The number of anilines is 1. The number of carbonyl (C=O) groups is 4. The maximum atomic E-state index is 13.9. The van der Waals surface area contributed by atoms with Gasteiger partial charge in [0.1, 0.15) is 0 Å². The first-order valence-electron chi connectivity index (χ1n) is 11.0. The lowest BCUT2D eigenvalue weighted by molar-refractivity contribution is -0.127. The van der Waals surface area contributed by atoms with Gasteiger partial charge in [-0.05, 0) is 30.7 Å². The van der Waals surface area contributed by atoms with E-state index in [1.807, 2.05) is 19.1 Å². The molecule has 3 aliphatic rings. The molecule has 2 fully saturated rings. The van der Waals surface area contributed by atoms with Crippen LogP contribution in [0.4, 0.5) is 5.69 Å². The summed E-state index contributed by atoms with van der Waals surface area (Å²) in [7, 11) is 0. The predicted octanol–water partition coefficient (Wildman–Crippen LogP) is 5.00. The minimum atomic E-state index is -2.12. The van der Waals surface area contributed by atoms with E-state index in [4.69, 9.17) is 27.9 Å². The van der Waals surface area contributed by atoms with Gasteiger partial charge in [-0.1, -0.05) is 77.3 Å². The topological polar surface area (TPSA) is 80.8 Å². The van der Waals surface area contributed by atoms with Crippen molar-refractivity contribution in [1.29, 1.82) is 0 Å². The zero-order valence-corrected chi connectivity index (χ0v) is 19.8. The second kappa shape index (κ2) is 7.59. The number of imide groups is 1. The number of benzene rings is 3. The first kappa shape index (κ1) is 22.2. The predicted molar refractivity (Wildman–Crippen MR) is 129 cm³/mol. The van der Waals surface area contributed by atoms with Gasteiger partial charge in [-0.2, -0.15) is 0 Å². The van der Waals surface area contributed by atoms with Crippen molar-refractivity contribution < 1.29 is 23.9 Å². The molecule has 2 amide bonds. The van der Waals surface area contributed by atoms with E-state index >= 15 is 0 Å². The van der Waals surface area contributed by atoms with E-state index in [0.717, 1.165) is 10.5 Å². The number of carbonyl (C=O) groups excluding carboxylic acids is 4. The lowest BCUT2D eigenvalue weighted by Gasteiger charge is -2.27. The summed E-state index contributed by atoms with van der Waals surface area (Å²) in [6.07, 6.45) is -0.973. The third-order valence-electron chi connectivity index (χ3n) is 7.03. The van der Waals surface area contributed by atoms with E-state index in [1.54, 1.807) is 24.3 Å². The largest absolute Gasteiger partial charge is 0.349 e. The first-order valence-corrected chi connectivity index (χ1v) is 11.8. The molecule has 1 aliphatic carbocycles. The summed E-state index contributed by atoms with van der Waals surface area (Å²) >= 11 is 12.3. The highest BCUT2D eigenvalue weighted by atomic mass is 35.5. The van der Waals surface area contributed by atoms with Crippen molar-refractivity contribution in [3.05, 3.63) is 99.0 Å². The summed E-state index contributed by atoms with van der Waals surface area (Å²) in [5.41, 5.74) is 0.0256. The zero-order valence-electron chi connectivity index (χ0n) is 18.3. The lowest BCUT2D eigenvalue weighted by atomic mass is 9.77. The molecule has 3 aromatic rings. The average Bonchev–Trinajstić information content (AvgIpc) is 3.39. The van der Waals surface area contributed by atoms with Gasteiger partial charge >= 0.3 is 0 Å². The molecule has 0 radical (unpaired) electrons. The van der Waals surface area contributed by atoms with Crippen LogP contribution in [0.2, 0.25) is 10.0 Å². The van der Waals surface area contributed by atoms with Crippen LogP contribution in [0.15, 0.2) is 66.7 Å². The van der Waals surface area contributed by atoms with Gasteiger partial charge < -0.3 is 4.74 Å². The summed E-state index contributed by atoms with van der Waals surface area (Å²) < 4.78 is 6.26. The molecule has 0 N–H and O–H groups in total. The van der Waals surface area contributed by atoms with Crippen LogP contribution in [0.3, 0.4) is 0 Å². The molecule has 3 atom stereocenters. The van der Waals surface area contributed by atoms with Crippen molar-refractivity contribution in [3.63, 3.8) is 0 Å². The fourth-order valence-electron chi connectivity index (χ4n) is 5.50. The standard InChI is InChI=1S/C27H17Cl2NO5/c1-13-6-8-14(9-7-13)22-20-21(26(34)30(25(20)33)17-11-15(28)10-16(29)12-17)27(35-22)23(31)18-4-2-3-5-19(18)24(27)32/h2-12,20-22H,1H3/t20-,21-,22-/m1/s1. The summed E-state index contributed by atoms with van der Waals surface area (Å²) in [5.74, 6) is -4.87. The van der Waals surface area contributed by atoms with E-state index in [2.05, 4.69) is 0 Å². The molecule has 0 saturated carbocycles. The van der Waals surface area contributed by atoms with Crippen LogP contribution in [0.5, 0.6) is 0 Å². The molecule has 6 rings (SSSR count). The van der Waals surface area contributed by atoms with Gasteiger partial charge in [-0.15, -0.1) is 0 Å². The third kappa shape index (κ3) is 2.94. The molecule has 0 unspecified atom stereocenters. The van der Waals surface area contributed by atoms with Crippen molar-refractivity contribution in [2.24, 2.45) is 11.8 Å². The number of halogens is 2. The molecule has 3 aromatic carbocycles. The number of ketones is 2. The van der Waals surface area contributed by atoms with Gasteiger partial charge in [0.2, 0.25) is 29.0 Å². The normalized spacial score (nSPS) is 24.4. The Balaban J connectivity index is 1.55. The number of hydrogen-bond donors (Lipinski definition) is 0. The fourth-order valence-corrected chi connectivity index (χ4v) is 6.01. The highest BCUT2D eigenvalue weighted by Crippen LogP contribution is 2.57. The molecule has 2 saturated heterocycles. The molecule has 2 aliphatic heterocycles.